The Bertz CT molecular complexity index is 821. The fourth-order valence-electron chi connectivity index (χ4n) is 6.89. The second kappa shape index (κ2) is 4.00. The summed E-state index contributed by atoms with van der Waals surface area (Å²) in [6.45, 7) is 7.16. The van der Waals surface area contributed by atoms with E-state index in [4.69, 9.17) is 20.2 Å². The number of rotatable bonds is 2. The Morgan fingerprint density at radius 3 is 1.64 bits per heavy atom. The molecule has 0 radical (unpaired) electrons. The first kappa shape index (κ1) is 14.1. The summed E-state index contributed by atoms with van der Waals surface area (Å²) >= 11 is 0. The molecule has 7 rings (SSSR count). The van der Waals surface area contributed by atoms with Gasteiger partial charge in [-0.2, -0.15) is 10.2 Å². The minimum Gasteiger partial charge on any atom is -0.259 e. The van der Waals surface area contributed by atoms with E-state index in [9.17, 15) is 0 Å². The Balaban J connectivity index is 1.63. The van der Waals surface area contributed by atoms with Crippen LogP contribution in [0.25, 0.3) is 0 Å². The van der Waals surface area contributed by atoms with E-state index in [0.29, 0.717) is 29.6 Å². The van der Waals surface area contributed by atoms with Gasteiger partial charge in [0.2, 0.25) is 0 Å². The van der Waals surface area contributed by atoms with Crippen LogP contribution in [0, 0.1) is 35.0 Å². The maximum atomic E-state index is 5.06. The Morgan fingerprint density at radius 2 is 1.24 bits per heavy atom. The zero-order valence-corrected chi connectivity index (χ0v) is 14.8. The van der Waals surface area contributed by atoms with Gasteiger partial charge in [-0.3, -0.25) is 9.97 Å². The molecule has 2 aromatic heterocycles. The predicted octanol–water partition coefficient (Wildman–Crippen LogP) is 4.20. The highest BCUT2D eigenvalue weighted by atomic mass is 15.3. The molecule has 3 fully saturated rings. The van der Waals surface area contributed by atoms with Gasteiger partial charge in [-0.1, -0.05) is 32.9 Å². The Morgan fingerprint density at radius 1 is 0.760 bits per heavy atom. The molecule has 126 valence electrons. The van der Waals surface area contributed by atoms with Gasteiger partial charge in [0.05, 0.1) is 11.4 Å². The predicted molar refractivity (Wildman–Crippen MR) is 93.6 cm³/mol. The highest BCUT2D eigenvalue weighted by Crippen LogP contribution is 2.88. The number of azo groups is 1. The molecule has 5 aliphatic rings. The molecule has 1 unspecified atom stereocenters. The van der Waals surface area contributed by atoms with Gasteiger partial charge < -0.3 is 0 Å². The van der Waals surface area contributed by atoms with Crippen LogP contribution in [-0.2, 0) is 11.1 Å². The fourth-order valence-corrected chi connectivity index (χ4v) is 6.89. The molecule has 0 N–H and O–H groups in total. The van der Waals surface area contributed by atoms with E-state index in [1.54, 1.807) is 0 Å². The van der Waals surface area contributed by atoms with Crippen molar-refractivity contribution >= 4 is 0 Å². The third kappa shape index (κ3) is 1.33. The van der Waals surface area contributed by atoms with Crippen molar-refractivity contribution in [2.24, 2.45) is 45.2 Å². The number of pyridine rings is 2. The highest BCUT2D eigenvalue weighted by Gasteiger charge is 2.90. The van der Waals surface area contributed by atoms with Crippen molar-refractivity contribution < 1.29 is 0 Å². The Hall–Kier alpha value is -2.10. The number of aromatic nitrogens is 2. The van der Waals surface area contributed by atoms with Gasteiger partial charge in [0.1, 0.15) is 11.1 Å². The quantitative estimate of drug-likeness (QED) is 0.828. The molecular weight excluding hydrogens is 308 g/mol. The summed E-state index contributed by atoms with van der Waals surface area (Å²) < 4.78 is 0. The second-order valence-corrected chi connectivity index (χ2v) is 8.97. The van der Waals surface area contributed by atoms with Crippen molar-refractivity contribution in [3.05, 3.63) is 60.2 Å². The lowest BCUT2D eigenvalue weighted by molar-refractivity contribution is 0.104. The van der Waals surface area contributed by atoms with Gasteiger partial charge in [-0.05, 0) is 35.6 Å². The molecule has 2 aromatic rings. The first-order valence-electron chi connectivity index (χ1n) is 9.33. The summed E-state index contributed by atoms with van der Waals surface area (Å²) in [6, 6.07) is 12.5. The molecule has 3 aliphatic carbocycles. The molecule has 2 aliphatic heterocycles. The van der Waals surface area contributed by atoms with E-state index < -0.39 is 0 Å². The minimum atomic E-state index is -0.226. The molecular formula is C21H22N4. The van der Waals surface area contributed by atoms with Crippen LogP contribution in [0.5, 0.6) is 0 Å². The first-order chi connectivity index (χ1) is 12.1. The smallest absolute Gasteiger partial charge is 0.130 e. The van der Waals surface area contributed by atoms with Gasteiger partial charge in [0.25, 0.3) is 0 Å². The van der Waals surface area contributed by atoms with Gasteiger partial charge in [0, 0.05) is 36.1 Å². The van der Waals surface area contributed by atoms with E-state index >= 15 is 0 Å². The molecule has 4 heteroatoms. The van der Waals surface area contributed by atoms with Crippen molar-refractivity contribution in [2.45, 2.75) is 31.8 Å². The van der Waals surface area contributed by atoms with Crippen molar-refractivity contribution in [3.63, 3.8) is 0 Å². The molecule has 0 saturated heterocycles. The second-order valence-electron chi connectivity index (χ2n) is 8.97. The van der Waals surface area contributed by atoms with E-state index in [0.717, 1.165) is 11.4 Å². The average Bonchev–Trinajstić information content (AvgIpc) is 3.52. The third-order valence-electron chi connectivity index (χ3n) is 7.70. The van der Waals surface area contributed by atoms with Crippen LogP contribution in [0.15, 0.2) is 59.0 Å². The van der Waals surface area contributed by atoms with Crippen LogP contribution in [0.1, 0.15) is 32.2 Å². The summed E-state index contributed by atoms with van der Waals surface area (Å²) in [7, 11) is 0. The lowest BCUT2D eigenvalue weighted by Gasteiger charge is -2.44. The largest absolute Gasteiger partial charge is 0.259 e. The number of hydrogen-bond acceptors (Lipinski definition) is 4. The van der Waals surface area contributed by atoms with Gasteiger partial charge in [-0.25, -0.2) is 0 Å². The lowest BCUT2D eigenvalue weighted by atomic mass is 9.68. The summed E-state index contributed by atoms with van der Waals surface area (Å²) in [4.78, 5) is 9.50. The zero-order valence-electron chi connectivity index (χ0n) is 14.8. The molecule has 2 bridgehead atoms. The van der Waals surface area contributed by atoms with Crippen molar-refractivity contribution in [2.75, 3.05) is 0 Å². The molecule has 0 aromatic carbocycles. The van der Waals surface area contributed by atoms with Crippen molar-refractivity contribution in [1.29, 1.82) is 0 Å². The summed E-state index contributed by atoms with van der Waals surface area (Å²) in [6.07, 6.45) is 3.81. The van der Waals surface area contributed by atoms with Crippen molar-refractivity contribution in [3.8, 4) is 0 Å². The molecule has 4 nitrogen and oxygen atoms in total. The topological polar surface area (TPSA) is 50.5 Å². The fraction of sp³-hybridized carbons (Fsp3) is 0.524. The van der Waals surface area contributed by atoms with Crippen LogP contribution in [-0.4, -0.2) is 9.97 Å². The van der Waals surface area contributed by atoms with E-state index in [1.807, 2.05) is 24.5 Å². The minimum absolute atomic E-state index is 0.214. The van der Waals surface area contributed by atoms with E-state index in [2.05, 4.69) is 45.0 Å². The van der Waals surface area contributed by atoms with E-state index in [1.165, 1.54) is 0 Å². The van der Waals surface area contributed by atoms with Crippen LogP contribution in [0.2, 0.25) is 0 Å². The molecule has 0 amide bonds. The summed E-state index contributed by atoms with van der Waals surface area (Å²) in [5.74, 6) is 2.68. The lowest BCUT2D eigenvalue weighted by Crippen LogP contribution is -2.47. The van der Waals surface area contributed by atoms with Crippen LogP contribution < -0.4 is 0 Å². The monoisotopic (exact) mass is 330 g/mol. The summed E-state index contributed by atoms with van der Waals surface area (Å²) in [5.41, 5.74) is 2.00. The van der Waals surface area contributed by atoms with Gasteiger partial charge in [-0.15, -0.1) is 0 Å². The number of hydrogen-bond donors (Lipinski definition) is 0. The van der Waals surface area contributed by atoms with Crippen LogP contribution in [0.3, 0.4) is 0 Å². The maximum Gasteiger partial charge on any atom is 0.130 e. The maximum absolute atomic E-state index is 5.06. The first-order valence-corrected chi connectivity index (χ1v) is 9.33. The van der Waals surface area contributed by atoms with E-state index in [-0.39, 0.29) is 16.5 Å². The van der Waals surface area contributed by atoms with Crippen LogP contribution in [0.4, 0.5) is 0 Å². The molecule has 25 heavy (non-hydrogen) atoms. The normalized spacial score (nSPS) is 47.1. The molecule has 7 atom stereocenters. The van der Waals surface area contributed by atoms with Crippen molar-refractivity contribution in [1.82, 2.24) is 9.97 Å². The van der Waals surface area contributed by atoms with Gasteiger partial charge >= 0.3 is 0 Å². The SMILES string of the molecule is CC1[C@@H]2[C@H]1[C@]1(c3ccccn3)N=N[C@@]2(c2ccccn2)[C@@H]2[C@H]1C2(C)C. The Labute approximate surface area is 147 Å². The third-order valence-corrected chi connectivity index (χ3v) is 7.70. The van der Waals surface area contributed by atoms with Gasteiger partial charge in [0.15, 0.2) is 0 Å². The zero-order chi connectivity index (χ0) is 17.0. The highest BCUT2D eigenvalue weighted by molar-refractivity contribution is 5.46. The number of nitrogens with zero attached hydrogens (tertiary/aromatic N) is 4. The average molecular weight is 330 g/mol. The molecule has 0 spiro atoms. The van der Waals surface area contributed by atoms with Crippen LogP contribution >= 0.6 is 0 Å². The summed E-state index contributed by atoms with van der Waals surface area (Å²) in [5, 5.41) is 10.1. The standard InChI is InChI=1S/C21H22N4/c1-12-15-16(12)21(14-9-5-7-11-23-14)18-17(19(18,2)3)20(15,24-25-21)13-8-4-6-10-22-13/h4-12,15-18H,1-3H3/t12?,15-,16+,17-,18+,20-,21+. The Kier molecular flexibility index (Phi) is 2.26. The molecule has 3 saturated carbocycles. The molecule has 4 heterocycles.